The molecule has 3 N–H and O–H groups in total. The van der Waals surface area contributed by atoms with Crippen LogP contribution in [0.4, 0.5) is 0 Å². The fourth-order valence-electron chi connectivity index (χ4n) is 1.74. The maximum absolute atomic E-state index is 11.3. The summed E-state index contributed by atoms with van der Waals surface area (Å²) < 4.78 is 5.34. The zero-order valence-electron chi connectivity index (χ0n) is 9.93. The first-order valence-electron chi connectivity index (χ1n) is 5.26. The van der Waals surface area contributed by atoms with Crippen LogP contribution < -0.4 is 11.1 Å². The number of carbonyl (C=O) groups excluding carboxylic acids is 1. The standard InChI is InChI=1S/C11H19N3O2/c1-8(12)11(9-5-4-6-16-9)14(3)7-10(15)13-2/h4-6,8,11H,7,12H2,1-3H3,(H,13,15). The van der Waals surface area contributed by atoms with E-state index in [4.69, 9.17) is 10.2 Å². The van der Waals surface area contributed by atoms with Gasteiger partial charge in [0.1, 0.15) is 5.76 Å². The van der Waals surface area contributed by atoms with Crippen LogP contribution in [-0.4, -0.2) is 37.5 Å². The van der Waals surface area contributed by atoms with E-state index in [1.54, 1.807) is 13.3 Å². The molecule has 0 radical (unpaired) electrons. The van der Waals surface area contributed by atoms with Crippen LogP contribution in [0.3, 0.4) is 0 Å². The van der Waals surface area contributed by atoms with E-state index in [0.29, 0.717) is 6.54 Å². The number of carbonyl (C=O) groups is 1. The van der Waals surface area contributed by atoms with Gasteiger partial charge in [-0.25, -0.2) is 0 Å². The highest BCUT2D eigenvalue weighted by Gasteiger charge is 2.24. The topological polar surface area (TPSA) is 71.5 Å². The van der Waals surface area contributed by atoms with Crippen LogP contribution in [0.25, 0.3) is 0 Å². The van der Waals surface area contributed by atoms with Crippen molar-refractivity contribution in [1.29, 1.82) is 0 Å². The summed E-state index contributed by atoms with van der Waals surface area (Å²) in [5, 5.41) is 2.58. The third kappa shape index (κ3) is 3.08. The van der Waals surface area contributed by atoms with E-state index in [0.717, 1.165) is 5.76 Å². The lowest BCUT2D eigenvalue weighted by molar-refractivity contribution is -0.122. The monoisotopic (exact) mass is 225 g/mol. The molecule has 1 heterocycles. The maximum atomic E-state index is 11.3. The van der Waals surface area contributed by atoms with E-state index < -0.39 is 0 Å². The molecule has 0 fully saturated rings. The second kappa shape index (κ2) is 5.67. The smallest absolute Gasteiger partial charge is 0.233 e. The highest BCUT2D eigenvalue weighted by atomic mass is 16.3. The number of hydrogen-bond donors (Lipinski definition) is 2. The van der Waals surface area contributed by atoms with Crippen molar-refractivity contribution in [2.45, 2.75) is 19.0 Å². The zero-order chi connectivity index (χ0) is 12.1. The third-order valence-corrected chi connectivity index (χ3v) is 2.48. The second-order valence-corrected chi connectivity index (χ2v) is 3.91. The number of amides is 1. The largest absolute Gasteiger partial charge is 0.468 e. The summed E-state index contributed by atoms with van der Waals surface area (Å²) in [6, 6.07) is 3.49. The van der Waals surface area contributed by atoms with Gasteiger partial charge < -0.3 is 15.5 Å². The van der Waals surface area contributed by atoms with E-state index >= 15 is 0 Å². The minimum Gasteiger partial charge on any atom is -0.468 e. The first-order chi connectivity index (χ1) is 7.56. The van der Waals surface area contributed by atoms with Crippen molar-refractivity contribution < 1.29 is 9.21 Å². The van der Waals surface area contributed by atoms with Gasteiger partial charge in [0, 0.05) is 13.1 Å². The molecule has 0 saturated heterocycles. The Kier molecular flexibility index (Phi) is 4.52. The Balaban J connectivity index is 2.75. The summed E-state index contributed by atoms with van der Waals surface area (Å²) in [4.78, 5) is 13.2. The summed E-state index contributed by atoms with van der Waals surface area (Å²) >= 11 is 0. The molecule has 0 aliphatic heterocycles. The van der Waals surface area contributed by atoms with Gasteiger partial charge in [0.15, 0.2) is 0 Å². The van der Waals surface area contributed by atoms with Crippen LogP contribution >= 0.6 is 0 Å². The molecule has 0 aromatic carbocycles. The van der Waals surface area contributed by atoms with E-state index in [1.807, 2.05) is 31.0 Å². The van der Waals surface area contributed by atoms with Crippen molar-refractivity contribution in [2.24, 2.45) is 5.73 Å². The predicted molar refractivity (Wildman–Crippen MR) is 61.8 cm³/mol. The fraction of sp³-hybridized carbons (Fsp3) is 0.545. The number of nitrogens with two attached hydrogens (primary N) is 1. The molecular weight excluding hydrogens is 206 g/mol. The minimum absolute atomic E-state index is 0.0419. The van der Waals surface area contributed by atoms with Crippen LogP contribution in [0.2, 0.25) is 0 Å². The number of nitrogens with zero attached hydrogens (tertiary/aromatic N) is 1. The van der Waals surface area contributed by atoms with E-state index in [9.17, 15) is 4.79 Å². The first-order valence-corrected chi connectivity index (χ1v) is 5.26. The number of nitrogens with one attached hydrogen (secondary N) is 1. The molecule has 0 aliphatic rings. The zero-order valence-corrected chi connectivity index (χ0v) is 9.93. The molecule has 90 valence electrons. The average molecular weight is 225 g/mol. The van der Waals surface area contributed by atoms with Crippen LogP contribution in [0, 0.1) is 0 Å². The maximum Gasteiger partial charge on any atom is 0.233 e. The lowest BCUT2D eigenvalue weighted by Crippen LogP contribution is -2.41. The molecule has 5 nitrogen and oxygen atoms in total. The Hall–Kier alpha value is -1.33. The molecule has 0 spiro atoms. The number of furan rings is 1. The molecule has 0 aliphatic carbocycles. The van der Waals surface area contributed by atoms with Crippen molar-refractivity contribution in [2.75, 3.05) is 20.6 Å². The number of hydrogen-bond acceptors (Lipinski definition) is 4. The molecule has 2 atom stereocenters. The Morgan fingerprint density at radius 3 is 2.81 bits per heavy atom. The van der Waals surface area contributed by atoms with Gasteiger partial charge in [-0.1, -0.05) is 0 Å². The molecule has 0 bridgehead atoms. The van der Waals surface area contributed by atoms with Gasteiger partial charge in [-0.05, 0) is 26.1 Å². The lowest BCUT2D eigenvalue weighted by atomic mass is 10.1. The summed E-state index contributed by atoms with van der Waals surface area (Å²) in [6.07, 6.45) is 1.61. The fourth-order valence-corrected chi connectivity index (χ4v) is 1.74. The van der Waals surface area contributed by atoms with Crippen molar-refractivity contribution in [3.05, 3.63) is 24.2 Å². The van der Waals surface area contributed by atoms with Crippen LogP contribution in [0.1, 0.15) is 18.7 Å². The molecular formula is C11H19N3O2. The molecule has 1 amide bonds. The van der Waals surface area contributed by atoms with Gasteiger partial charge in [0.05, 0.1) is 18.8 Å². The van der Waals surface area contributed by atoms with Gasteiger partial charge in [-0.15, -0.1) is 0 Å². The Morgan fingerprint density at radius 1 is 1.69 bits per heavy atom. The van der Waals surface area contributed by atoms with E-state index in [-0.39, 0.29) is 18.0 Å². The van der Waals surface area contributed by atoms with Gasteiger partial charge in [-0.2, -0.15) is 0 Å². The van der Waals surface area contributed by atoms with Crippen molar-refractivity contribution in [1.82, 2.24) is 10.2 Å². The molecule has 1 rings (SSSR count). The summed E-state index contributed by atoms with van der Waals surface area (Å²) in [6.45, 7) is 2.19. The summed E-state index contributed by atoms with van der Waals surface area (Å²) in [5.74, 6) is 0.737. The average Bonchev–Trinajstić information content (AvgIpc) is 2.70. The Bertz CT molecular complexity index is 322. The molecule has 2 unspecified atom stereocenters. The van der Waals surface area contributed by atoms with E-state index in [2.05, 4.69) is 5.32 Å². The molecule has 16 heavy (non-hydrogen) atoms. The van der Waals surface area contributed by atoms with Crippen molar-refractivity contribution in [3.8, 4) is 0 Å². The Labute approximate surface area is 95.6 Å². The van der Waals surface area contributed by atoms with E-state index in [1.165, 1.54) is 0 Å². The summed E-state index contributed by atoms with van der Waals surface area (Å²) in [7, 11) is 3.47. The lowest BCUT2D eigenvalue weighted by Gasteiger charge is -2.28. The molecule has 1 aromatic rings. The minimum atomic E-state index is -0.110. The van der Waals surface area contributed by atoms with Crippen molar-refractivity contribution in [3.63, 3.8) is 0 Å². The molecule has 5 heteroatoms. The van der Waals surface area contributed by atoms with Crippen LogP contribution in [-0.2, 0) is 4.79 Å². The molecule has 0 saturated carbocycles. The van der Waals surface area contributed by atoms with Gasteiger partial charge in [0.2, 0.25) is 5.91 Å². The number of likely N-dealkylation sites (N-methyl/N-ethyl adjacent to an activating group) is 2. The SMILES string of the molecule is CNC(=O)CN(C)C(c1ccco1)C(C)N. The highest BCUT2D eigenvalue weighted by Crippen LogP contribution is 2.22. The predicted octanol–water partition coefficient (Wildman–Crippen LogP) is 0.346. The van der Waals surface area contributed by atoms with Crippen LogP contribution in [0.5, 0.6) is 0 Å². The normalized spacial score (nSPS) is 14.8. The summed E-state index contributed by atoms with van der Waals surface area (Å²) in [5.41, 5.74) is 5.91. The van der Waals surface area contributed by atoms with Crippen molar-refractivity contribution >= 4 is 5.91 Å². The van der Waals surface area contributed by atoms with Crippen LogP contribution in [0.15, 0.2) is 22.8 Å². The first kappa shape index (κ1) is 12.7. The second-order valence-electron chi connectivity index (χ2n) is 3.91. The number of rotatable bonds is 5. The highest BCUT2D eigenvalue weighted by molar-refractivity contribution is 5.77. The Morgan fingerprint density at radius 2 is 2.38 bits per heavy atom. The van der Waals surface area contributed by atoms with Gasteiger partial charge in [0.25, 0.3) is 0 Å². The molecule has 1 aromatic heterocycles. The van der Waals surface area contributed by atoms with Gasteiger partial charge >= 0.3 is 0 Å². The quantitative estimate of drug-likeness (QED) is 0.758. The van der Waals surface area contributed by atoms with Gasteiger partial charge in [-0.3, -0.25) is 9.69 Å². The third-order valence-electron chi connectivity index (χ3n) is 2.48.